The summed E-state index contributed by atoms with van der Waals surface area (Å²) in [7, 11) is 0. The van der Waals surface area contributed by atoms with Crippen LogP contribution in [0.15, 0.2) is 255 Å². The lowest BCUT2D eigenvalue weighted by molar-refractivity contribution is 1.61. The van der Waals surface area contributed by atoms with Gasteiger partial charge in [0.25, 0.3) is 0 Å². The zero-order valence-corrected chi connectivity index (χ0v) is 36.2. The smallest absolute Gasteiger partial charge is 0.00199 e. The van der Waals surface area contributed by atoms with Gasteiger partial charge in [-0.05, 0) is 180 Å². The van der Waals surface area contributed by atoms with Gasteiger partial charge in [0.2, 0.25) is 0 Å². The van der Waals surface area contributed by atoms with Crippen molar-refractivity contribution in [1.29, 1.82) is 0 Å². The molecule has 0 saturated heterocycles. The third-order valence-corrected chi connectivity index (χ3v) is 13.8. The van der Waals surface area contributed by atoms with Gasteiger partial charge in [-0.25, -0.2) is 0 Å². The Balaban J connectivity index is 1.17. The van der Waals surface area contributed by atoms with E-state index in [2.05, 4.69) is 255 Å². The van der Waals surface area contributed by atoms with Crippen molar-refractivity contribution in [3.63, 3.8) is 0 Å². The molecule has 0 spiro atoms. The molecule has 0 radical (unpaired) electrons. The fourth-order valence-corrected chi connectivity index (χ4v) is 10.5. The molecule has 0 aromatic heterocycles. The number of fused-ring (bicyclic) bond motifs is 7. The summed E-state index contributed by atoms with van der Waals surface area (Å²) in [4.78, 5) is 0. The third kappa shape index (κ3) is 6.46. The van der Waals surface area contributed by atoms with Crippen LogP contribution < -0.4 is 0 Å². The summed E-state index contributed by atoms with van der Waals surface area (Å²) in [5.41, 5.74) is 14.6. The third-order valence-electron chi connectivity index (χ3n) is 13.8. The Morgan fingerprint density at radius 3 is 0.803 bits per heavy atom. The summed E-state index contributed by atoms with van der Waals surface area (Å²) in [6.45, 7) is 0. The van der Waals surface area contributed by atoms with Crippen LogP contribution in [0.5, 0.6) is 0 Å². The van der Waals surface area contributed by atoms with Crippen molar-refractivity contribution in [2.24, 2.45) is 0 Å². The molecule has 0 nitrogen and oxygen atoms in total. The predicted molar refractivity (Wildman–Crippen MR) is 284 cm³/mol. The van der Waals surface area contributed by atoms with E-state index < -0.39 is 0 Å². The van der Waals surface area contributed by atoms with E-state index in [4.69, 9.17) is 0 Å². The Hall–Kier alpha value is -8.58. The summed E-state index contributed by atoms with van der Waals surface area (Å²) in [5, 5.41) is 14.8. The lowest BCUT2D eigenvalue weighted by atomic mass is 9.81. The van der Waals surface area contributed by atoms with Crippen molar-refractivity contribution in [3.05, 3.63) is 255 Å². The first-order valence-electron chi connectivity index (χ1n) is 22.9. The first-order valence-corrected chi connectivity index (χ1v) is 22.9. The van der Waals surface area contributed by atoms with E-state index in [-0.39, 0.29) is 0 Å². The van der Waals surface area contributed by atoms with Crippen LogP contribution in [0.1, 0.15) is 0 Å². The molecule has 66 heavy (non-hydrogen) atoms. The molecule has 0 aliphatic rings. The summed E-state index contributed by atoms with van der Waals surface area (Å²) in [6, 6.07) is 94.7. The molecule has 0 heterocycles. The lowest BCUT2D eigenvalue weighted by Crippen LogP contribution is -1.95. The Morgan fingerprint density at radius 2 is 0.439 bits per heavy atom. The number of hydrogen-bond acceptors (Lipinski definition) is 0. The molecule has 0 unspecified atom stereocenters. The number of benzene rings is 13. The highest BCUT2D eigenvalue weighted by Crippen LogP contribution is 2.49. The van der Waals surface area contributed by atoms with Gasteiger partial charge in [-0.1, -0.05) is 206 Å². The molecule has 0 amide bonds. The standard InChI is InChI=1S/C66H42/c1-3-17-45(18-4-1)59-37-49-23-11-13-25-51(49)39-61(59)53-31-33-57-58-34-32-54(62-40-52-26-14-12-24-50(52)38-60(62)46-19-5-2-6-20-46)42-64(58)66(56-30-28-44-16-8-10-22-48(44)36-56)65(63(57)41-53)55-29-27-43-15-7-9-21-47(43)35-55/h1-42H. The fourth-order valence-electron chi connectivity index (χ4n) is 10.5. The van der Waals surface area contributed by atoms with E-state index in [0.717, 1.165) is 0 Å². The molecule has 0 bridgehead atoms. The summed E-state index contributed by atoms with van der Waals surface area (Å²) < 4.78 is 0. The van der Waals surface area contributed by atoms with Crippen molar-refractivity contribution in [2.45, 2.75) is 0 Å². The Kier molecular flexibility index (Phi) is 8.96. The molecule has 306 valence electrons. The van der Waals surface area contributed by atoms with Gasteiger partial charge in [0.05, 0.1) is 0 Å². The molecule has 0 aliphatic carbocycles. The van der Waals surface area contributed by atoms with Crippen molar-refractivity contribution in [3.8, 4) is 66.8 Å². The van der Waals surface area contributed by atoms with Gasteiger partial charge in [0.1, 0.15) is 0 Å². The van der Waals surface area contributed by atoms with Gasteiger partial charge in [-0.3, -0.25) is 0 Å². The summed E-state index contributed by atoms with van der Waals surface area (Å²) >= 11 is 0. The van der Waals surface area contributed by atoms with E-state index in [1.54, 1.807) is 0 Å². The van der Waals surface area contributed by atoms with Crippen LogP contribution in [0.3, 0.4) is 0 Å². The first kappa shape index (κ1) is 37.9. The molecule has 13 aromatic rings. The predicted octanol–water partition coefficient (Wildman–Crippen LogP) is 18.6. The van der Waals surface area contributed by atoms with Crippen molar-refractivity contribution < 1.29 is 0 Å². The molecule has 0 N–H and O–H groups in total. The monoisotopic (exact) mass is 834 g/mol. The second kappa shape index (κ2) is 15.6. The van der Waals surface area contributed by atoms with Gasteiger partial charge in [-0.15, -0.1) is 0 Å². The van der Waals surface area contributed by atoms with Crippen LogP contribution in [0.2, 0.25) is 0 Å². The first-order chi connectivity index (χ1) is 32.7. The molecular weight excluding hydrogens is 793 g/mol. The topological polar surface area (TPSA) is 0 Å². The number of hydrogen-bond donors (Lipinski definition) is 0. The normalized spacial score (nSPS) is 11.6. The van der Waals surface area contributed by atoms with Gasteiger partial charge in [0, 0.05) is 0 Å². The molecule has 13 aromatic carbocycles. The van der Waals surface area contributed by atoms with E-state index in [0.29, 0.717) is 0 Å². The lowest BCUT2D eigenvalue weighted by Gasteiger charge is -2.22. The summed E-state index contributed by atoms with van der Waals surface area (Å²) in [5.74, 6) is 0. The average Bonchev–Trinajstić information content (AvgIpc) is 3.39. The van der Waals surface area contributed by atoms with Gasteiger partial charge < -0.3 is 0 Å². The highest BCUT2D eigenvalue weighted by Gasteiger charge is 2.22. The zero-order valence-electron chi connectivity index (χ0n) is 36.2. The number of rotatable bonds is 6. The fraction of sp³-hybridized carbons (Fsp3) is 0. The van der Waals surface area contributed by atoms with E-state index in [1.807, 2.05) is 0 Å². The molecule has 0 saturated carbocycles. The maximum Gasteiger partial charge on any atom is -0.00199 e. The maximum atomic E-state index is 2.48. The quantitative estimate of drug-likeness (QED) is 0.146. The van der Waals surface area contributed by atoms with E-state index >= 15 is 0 Å². The highest BCUT2D eigenvalue weighted by atomic mass is 14.2. The van der Waals surface area contributed by atoms with Gasteiger partial charge >= 0.3 is 0 Å². The molecule has 0 heteroatoms. The second-order valence-electron chi connectivity index (χ2n) is 17.6. The highest BCUT2D eigenvalue weighted by molar-refractivity contribution is 6.24. The van der Waals surface area contributed by atoms with Crippen LogP contribution in [-0.2, 0) is 0 Å². The minimum absolute atomic E-state index is 1.19. The minimum atomic E-state index is 1.19. The van der Waals surface area contributed by atoms with E-state index in [1.165, 1.54) is 131 Å². The zero-order chi connectivity index (χ0) is 43.6. The maximum absolute atomic E-state index is 2.48. The van der Waals surface area contributed by atoms with Crippen molar-refractivity contribution in [2.75, 3.05) is 0 Å². The molecule has 13 rings (SSSR count). The summed E-state index contributed by atoms with van der Waals surface area (Å²) in [6.07, 6.45) is 0. The Labute approximate surface area is 384 Å². The second-order valence-corrected chi connectivity index (χ2v) is 17.6. The molecule has 0 aliphatic heterocycles. The van der Waals surface area contributed by atoms with Crippen LogP contribution in [0, 0.1) is 0 Å². The van der Waals surface area contributed by atoms with Crippen LogP contribution in [0.25, 0.3) is 131 Å². The van der Waals surface area contributed by atoms with Crippen LogP contribution in [0.4, 0.5) is 0 Å². The van der Waals surface area contributed by atoms with Crippen LogP contribution in [-0.4, -0.2) is 0 Å². The van der Waals surface area contributed by atoms with Crippen molar-refractivity contribution >= 4 is 64.6 Å². The average molecular weight is 835 g/mol. The molecule has 0 atom stereocenters. The Bertz CT molecular complexity index is 3760. The Morgan fingerprint density at radius 1 is 0.152 bits per heavy atom. The molecular formula is C66H42. The largest absolute Gasteiger partial charge is 0.0622 e. The van der Waals surface area contributed by atoms with Crippen LogP contribution >= 0.6 is 0 Å². The SMILES string of the molecule is c1ccc(-c2cc3ccccc3cc2-c2ccc3c(c2)c(-c2ccc4ccccc4c2)c(-c2ccc4ccccc4c2)c2cc(-c4cc5ccccc5cc4-c4ccccc4)ccc23)cc1. The van der Waals surface area contributed by atoms with E-state index in [9.17, 15) is 0 Å². The van der Waals surface area contributed by atoms with Crippen molar-refractivity contribution in [1.82, 2.24) is 0 Å². The minimum Gasteiger partial charge on any atom is -0.0622 e. The van der Waals surface area contributed by atoms with Gasteiger partial charge in [-0.2, -0.15) is 0 Å². The van der Waals surface area contributed by atoms with Gasteiger partial charge in [0.15, 0.2) is 0 Å². The molecule has 0 fully saturated rings.